The highest BCUT2D eigenvalue weighted by Gasteiger charge is 2.12. The molecule has 2 N–H and O–H groups in total. The number of furan rings is 1. The third-order valence-corrected chi connectivity index (χ3v) is 2.99. The molecule has 0 saturated heterocycles. The van der Waals surface area contributed by atoms with E-state index in [9.17, 15) is 14.4 Å². The van der Waals surface area contributed by atoms with E-state index in [0.29, 0.717) is 24.5 Å². The van der Waals surface area contributed by atoms with E-state index >= 15 is 0 Å². The van der Waals surface area contributed by atoms with Crippen LogP contribution >= 0.6 is 0 Å². The molecule has 0 aliphatic heterocycles. The first-order valence-electron chi connectivity index (χ1n) is 7.38. The Morgan fingerprint density at radius 2 is 2.09 bits per heavy atom. The number of hydrogen-bond donors (Lipinski definition) is 2. The highest BCUT2D eigenvalue weighted by Crippen LogP contribution is 2.11. The summed E-state index contributed by atoms with van der Waals surface area (Å²) in [6.45, 7) is 3.92. The van der Waals surface area contributed by atoms with Gasteiger partial charge in [0.15, 0.2) is 0 Å². The molecule has 0 unspecified atom stereocenters. The van der Waals surface area contributed by atoms with Crippen molar-refractivity contribution in [3.8, 4) is 0 Å². The molecule has 1 aromatic heterocycles. The van der Waals surface area contributed by atoms with Crippen LogP contribution in [-0.4, -0.2) is 37.5 Å². The molecule has 1 aromatic rings. The van der Waals surface area contributed by atoms with Crippen molar-refractivity contribution in [1.82, 2.24) is 10.6 Å². The molecule has 1 heterocycles. The van der Waals surface area contributed by atoms with Crippen LogP contribution in [0.3, 0.4) is 0 Å². The van der Waals surface area contributed by atoms with Gasteiger partial charge < -0.3 is 19.8 Å². The molecule has 0 fully saturated rings. The Balaban J connectivity index is 2.47. The van der Waals surface area contributed by atoms with E-state index in [1.807, 2.05) is 0 Å². The third kappa shape index (κ3) is 6.82. The minimum absolute atomic E-state index is 0.234. The maximum atomic E-state index is 11.7. The molecule has 7 heteroatoms. The zero-order chi connectivity index (χ0) is 17.2. The Labute approximate surface area is 135 Å². The fraction of sp³-hybridized carbons (Fsp3) is 0.438. The molecule has 0 spiro atoms. The summed E-state index contributed by atoms with van der Waals surface area (Å²) in [6, 6.07) is 2.82. The van der Waals surface area contributed by atoms with Crippen LogP contribution in [0.15, 0.2) is 22.6 Å². The quantitative estimate of drug-likeness (QED) is 0.550. The Morgan fingerprint density at radius 1 is 1.35 bits per heavy atom. The summed E-state index contributed by atoms with van der Waals surface area (Å²) >= 11 is 0. The zero-order valence-corrected chi connectivity index (χ0v) is 13.5. The van der Waals surface area contributed by atoms with Crippen molar-refractivity contribution in [3.05, 3.63) is 29.7 Å². The second kappa shape index (κ2) is 9.45. The van der Waals surface area contributed by atoms with Crippen LogP contribution in [0.2, 0.25) is 0 Å². The van der Waals surface area contributed by atoms with Gasteiger partial charge in [-0.25, -0.2) is 0 Å². The Morgan fingerprint density at radius 3 is 2.74 bits per heavy atom. The Hall–Kier alpha value is -2.57. The van der Waals surface area contributed by atoms with Gasteiger partial charge in [-0.3, -0.25) is 14.4 Å². The maximum Gasteiger partial charge on any atom is 0.305 e. The number of amides is 2. The molecule has 0 aliphatic rings. The molecule has 23 heavy (non-hydrogen) atoms. The van der Waals surface area contributed by atoms with Crippen molar-refractivity contribution in [2.75, 3.05) is 13.7 Å². The SMILES string of the molecule is CCNC(=O)[C@H](C)NC(=O)/C=C/c1ccc(CCC(=O)OC)o1. The van der Waals surface area contributed by atoms with Crippen molar-refractivity contribution in [2.45, 2.75) is 32.7 Å². The van der Waals surface area contributed by atoms with Gasteiger partial charge >= 0.3 is 5.97 Å². The van der Waals surface area contributed by atoms with Gasteiger partial charge in [0.05, 0.1) is 13.5 Å². The molecular weight excluding hydrogens is 300 g/mol. The fourth-order valence-corrected chi connectivity index (χ4v) is 1.76. The number of methoxy groups -OCH3 is 1. The number of aryl methyl sites for hydroxylation is 1. The Bertz CT molecular complexity index is 577. The first-order valence-corrected chi connectivity index (χ1v) is 7.38. The van der Waals surface area contributed by atoms with Gasteiger partial charge in [0.1, 0.15) is 17.6 Å². The minimum atomic E-state index is -0.612. The largest absolute Gasteiger partial charge is 0.469 e. The van der Waals surface area contributed by atoms with Crippen molar-refractivity contribution in [1.29, 1.82) is 0 Å². The second-order valence-electron chi connectivity index (χ2n) is 4.84. The van der Waals surface area contributed by atoms with E-state index in [1.165, 1.54) is 19.3 Å². The first-order chi connectivity index (χ1) is 11.0. The van der Waals surface area contributed by atoms with E-state index in [4.69, 9.17) is 4.42 Å². The molecule has 0 radical (unpaired) electrons. The van der Waals surface area contributed by atoms with Crippen molar-refractivity contribution in [2.24, 2.45) is 0 Å². The summed E-state index contributed by atoms with van der Waals surface area (Å²) in [5.74, 6) is 0.183. The van der Waals surface area contributed by atoms with Crippen molar-refractivity contribution in [3.63, 3.8) is 0 Å². The van der Waals surface area contributed by atoms with Crippen LogP contribution in [0.5, 0.6) is 0 Å². The highest BCUT2D eigenvalue weighted by atomic mass is 16.5. The van der Waals surface area contributed by atoms with E-state index < -0.39 is 11.9 Å². The summed E-state index contributed by atoms with van der Waals surface area (Å²) in [5, 5.41) is 5.17. The van der Waals surface area contributed by atoms with Crippen LogP contribution < -0.4 is 10.6 Å². The van der Waals surface area contributed by atoms with Gasteiger partial charge in [0, 0.05) is 19.0 Å². The predicted molar refractivity (Wildman–Crippen MR) is 84.4 cm³/mol. The number of ether oxygens (including phenoxy) is 1. The average molecular weight is 322 g/mol. The van der Waals surface area contributed by atoms with Gasteiger partial charge in [0.25, 0.3) is 0 Å². The molecule has 1 atom stereocenters. The lowest BCUT2D eigenvalue weighted by Crippen LogP contribution is -2.44. The topological polar surface area (TPSA) is 97.6 Å². The summed E-state index contributed by atoms with van der Waals surface area (Å²) in [7, 11) is 1.33. The molecule has 0 aromatic carbocycles. The van der Waals surface area contributed by atoms with E-state index in [0.717, 1.165) is 0 Å². The lowest BCUT2D eigenvalue weighted by Gasteiger charge is -2.11. The van der Waals surface area contributed by atoms with Crippen LogP contribution in [-0.2, 0) is 25.5 Å². The number of carbonyl (C=O) groups is 3. The van der Waals surface area contributed by atoms with Crippen LogP contribution in [0.25, 0.3) is 6.08 Å². The maximum absolute atomic E-state index is 11.7. The number of rotatable bonds is 8. The lowest BCUT2D eigenvalue weighted by atomic mass is 10.2. The van der Waals surface area contributed by atoms with Gasteiger partial charge in [-0.05, 0) is 32.1 Å². The normalized spacial score (nSPS) is 12.0. The summed E-state index contributed by atoms with van der Waals surface area (Å²) in [4.78, 5) is 34.3. The summed E-state index contributed by atoms with van der Waals surface area (Å²) in [5.41, 5.74) is 0. The van der Waals surface area contributed by atoms with Crippen molar-refractivity contribution < 1.29 is 23.5 Å². The number of likely N-dealkylation sites (N-methyl/N-ethyl adjacent to an activating group) is 1. The summed E-state index contributed by atoms with van der Waals surface area (Å²) in [6.07, 6.45) is 3.46. The fourth-order valence-electron chi connectivity index (χ4n) is 1.76. The number of nitrogens with one attached hydrogen (secondary N) is 2. The Kier molecular flexibility index (Phi) is 7.59. The van der Waals surface area contributed by atoms with Gasteiger partial charge in [-0.15, -0.1) is 0 Å². The first kappa shape index (κ1) is 18.5. The van der Waals surface area contributed by atoms with Gasteiger partial charge in [-0.2, -0.15) is 0 Å². The van der Waals surface area contributed by atoms with Crippen LogP contribution in [0.1, 0.15) is 31.8 Å². The molecular formula is C16H22N2O5. The lowest BCUT2D eigenvalue weighted by molar-refractivity contribution is -0.140. The van der Waals surface area contributed by atoms with Crippen LogP contribution in [0.4, 0.5) is 0 Å². The third-order valence-electron chi connectivity index (χ3n) is 2.99. The number of carbonyl (C=O) groups excluding carboxylic acids is 3. The molecule has 1 rings (SSSR count). The van der Waals surface area contributed by atoms with E-state index in [2.05, 4.69) is 15.4 Å². The van der Waals surface area contributed by atoms with Crippen molar-refractivity contribution >= 4 is 23.9 Å². The minimum Gasteiger partial charge on any atom is -0.469 e. The van der Waals surface area contributed by atoms with Gasteiger partial charge in [-0.1, -0.05) is 0 Å². The van der Waals surface area contributed by atoms with Crippen LogP contribution in [0, 0.1) is 0 Å². The molecule has 0 aliphatic carbocycles. The average Bonchev–Trinajstić information content (AvgIpc) is 2.98. The van der Waals surface area contributed by atoms with Gasteiger partial charge in [0.2, 0.25) is 11.8 Å². The highest BCUT2D eigenvalue weighted by molar-refractivity contribution is 5.95. The molecule has 2 amide bonds. The predicted octanol–water partition coefficient (Wildman–Crippen LogP) is 1.04. The number of esters is 1. The molecule has 0 bridgehead atoms. The summed E-state index contributed by atoms with van der Waals surface area (Å²) < 4.78 is 10.0. The molecule has 7 nitrogen and oxygen atoms in total. The molecule has 126 valence electrons. The zero-order valence-electron chi connectivity index (χ0n) is 13.5. The van der Waals surface area contributed by atoms with E-state index in [1.54, 1.807) is 26.0 Å². The molecule has 0 saturated carbocycles. The van der Waals surface area contributed by atoms with E-state index in [-0.39, 0.29) is 18.3 Å². The standard InChI is InChI=1S/C16H22N2O5/c1-4-17-16(21)11(2)18-14(19)9-7-12-5-6-13(23-12)8-10-15(20)22-3/h5-7,9,11H,4,8,10H2,1-3H3,(H,17,21)(H,18,19)/b9-7+/t11-/m0/s1. The monoisotopic (exact) mass is 322 g/mol. The number of hydrogen-bond acceptors (Lipinski definition) is 5. The smallest absolute Gasteiger partial charge is 0.305 e. The second-order valence-corrected chi connectivity index (χ2v) is 4.84.